The van der Waals surface area contributed by atoms with Crippen molar-refractivity contribution in [3.05, 3.63) is 29.8 Å². The lowest BCUT2D eigenvalue weighted by Crippen LogP contribution is -2.40. The summed E-state index contributed by atoms with van der Waals surface area (Å²) in [4.78, 5) is 7.58. The van der Waals surface area contributed by atoms with E-state index in [9.17, 15) is 0 Å². The summed E-state index contributed by atoms with van der Waals surface area (Å²) in [6.07, 6.45) is 3.78. The maximum atomic E-state index is 5.32. The number of benzene rings is 1. The van der Waals surface area contributed by atoms with Crippen LogP contribution in [0.1, 0.15) is 45.6 Å². The highest BCUT2D eigenvalue weighted by molar-refractivity contribution is 8.13. The van der Waals surface area contributed by atoms with Crippen LogP contribution in [0, 0.1) is 0 Å². The zero-order valence-corrected chi connectivity index (χ0v) is 16.2. The number of nitrogens with one attached hydrogen (secondary N) is 1. The van der Waals surface area contributed by atoms with Gasteiger partial charge in [-0.2, -0.15) is 0 Å². The molecule has 0 fully saturated rings. The molecule has 5 heteroatoms. The van der Waals surface area contributed by atoms with Gasteiger partial charge in [-0.15, -0.1) is 0 Å². The van der Waals surface area contributed by atoms with Gasteiger partial charge in [-0.05, 0) is 31.9 Å². The van der Waals surface area contributed by atoms with Gasteiger partial charge < -0.3 is 10.2 Å². The van der Waals surface area contributed by atoms with Crippen LogP contribution in [-0.4, -0.2) is 29.3 Å². The number of anilines is 1. The molecule has 23 heavy (non-hydrogen) atoms. The first-order valence-corrected chi connectivity index (χ1v) is 9.66. The van der Waals surface area contributed by atoms with Crippen LogP contribution in [-0.2, 0) is 5.75 Å². The van der Waals surface area contributed by atoms with Gasteiger partial charge >= 0.3 is 0 Å². The highest BCUT2D eigenvalue weighted by Gasteiger charge is 2.30. The molecule has 0 atom stereocenters. The SMILES string of the molecule is CCCCCN(C)c1ccccc1CSC1=NC(=S)C(C)(C)N1. The van der Waals surface area contributed by atoms with E-state index in [4.69, 9.17) is 12.2 Å². The van der Waals surface area contributed by atoms with E-state index in [0.29, 0.717) is 0 Å². The van der Waals surface area contributed by atoms with Gasteiger partial charge in [-0.3, -0.25) is 0 Å². The number of hydrogen-bond acceptors (Lipinski definition) is 4. The number of nitrogens with zero attached hydrogens (tertiary/aromatic N) is 2. The number of thioether (sulfide) groups is 1. The summed E-state index contributed by atoms with van der Waals surface area (Å²) >= 11 is 7.05. The van der Waals surface area contributed by atoms with Crippen molar-refractivity contribution in [3.8, 4) is 0 Å². The van der Waals surface area contributed by atoms with Gasteiger partial charge in [0, 0.05) is 25.0 Å². The van der Waals surface area contributed by atoms with Crippen molar-refractivity contribution in [3.63, 3.8) is 0 Å². The molecular weight excluding hydrogens is 322 g/mol. The number of thiocarbonyl (C=S) groups is 1. The number of amidine groups is 1. The molecule has 3 nitrogen and oxygen atoms in total. The second kappa shape index (κ2) is 8.15. The van der Waals surface area contributed by atoms with E-state index in [0.717, 1.165) is 22.5 Å². The Kier molecular flexibility index (Phi) is 6.48. The number of hydrogen-bond donors (Lipinski definition) is 1. The Morgan fingerprint density at radius 2 is 2.00 bits per heavy atom. The molecule has 0 bridgehead atoms. The standard InChI is InChI=1S/C18H27N3S2/c1-5-6-9-12-21(4)15-11-8-7-10-14(15)13-23-17-19-16(22)18(2,3)20-17/h7-8,10-11H,5-6,9,12-13H2,1-4H3,(H,19,20,22). The second-order valence-corrected chi connectivity index (χ2v) is 7.87. The van der Waals surface area contributed by atoms with Gasteiger partial charge in [-0.25, -0.2) is 4.99 Å². The molecule has 1 aliphatic heterocycles. The van der Waals surface area contributed by atoms with Crippen molar-refractivity contribution in [2.24, 2.45) is 4.99 Å². The number of unbranched alkanes of at least 4 members (excludes halogenated alkanes) is 2. The smallest absolute Gasteiger partial charge is 0.163 e. The Morgan fingerprint density at radius 1 is 1.26 bits per heavy atom. The first-order valence-electron chi connectivity index (χ1n) is 8.27. The lowest BCUT2D eigenvalue weighted by molar-refractivity contribution is 0.644. The van der Waals surface area contributed by atoms with Gasteiger partial charge in [0.1, 0.15) is 4.99 Å². The van der Waals surface area contributed by atoms with Crippen LogP contribution in [0.3, 0.4) is 0 Å². The summed E-state index contributed by atoms with van der Waals surface area (Å²) in [6, 6.07) is 8.64. The lowest BCUT2D eigenvalue weighted by atomic mass is 10.1. The monoisotopic (exact) mass is 349 g/mol. The first-order chi connectivity index (χ1) is 10.9. The second-order valence-electron chi connectivity index (χ2n) is 6.52. The molecule has 1 aromatic carbocycles. The van der Waals surface area contributed by atoms with E-state index in [2.05, 4.69) is 67.3 Å². The minimum Gasteiger partial charge on any atom is -0.374 e. The van der Waals surface area contributed by atoms with Crippen molar-refractivity contribution in [1.82, 2.24) is 5.32 Å². The Balaban J connectivity index is 1.98. The van der Waals surface area contributed by atoms with Crippen LogP contribution in [0.5, 0.6) is 0 Å². The van der Waals surface area contributed by atoms with Crippen LogP contribution in [0.25, 0.3) is 0 Å². The van der Waals surface area contributed by atoms with Gasteiger partial charge in [0.2, 0.25) is 0 Å². The quantitative estimate of drug-likeness (QED) is 0.574. The summed E-state index contributed by atoms with van der Waals surface area (Å²) in [5.41, 5.74) is 2.46. The molecule has 1 aliphatic rings. The molecule has 0 spiro atoms. The Morgan fingerprint density at radius 3 is 2.65 bits per heavy atom. The number of rotatable bonds is 7. The minimum atomic E-state index is -0.200. The maximum absolute atomic E-state index is 5.32. The molecule has 0 saturated carbocycles. The normalized spacial score (nSPS) is 16.2. The third-order valence-corrected chi connectivity index (χ3v) is 5.55. The van der Waals surface area contributed by atoms with E-state index >= 15 is 0 Å². The minimum absolute atomic E-state index is 0.200. The third kappa shape index (κ3) is 4.95. The molecule has 0 saturated heterocycles. The van der Waals surface area contributed by atoms with Crippen molar-refractivity contribution < 1.29 is 0 Å². The van der Waals surface area contributed by atoms with Gasteiger partial charge in [0.05, 0.1) is 5.54 Å². The van der Waals surface area contributed by atoms with Crippen LogP contribution in [0.2, 0.25) is 0 Å². The lowest BCUT2D eigenvalue weighted by Gasteiger charge is -2.22. The summed E-state index contributed by atoms with van der Waals surface area (Å²) in [5, 5.41) is 4.33. The average Bonchev–Trinajstić information content (AvgIpc) is 2.78. The topological polar surface area (TPSA) is 27.6 Å². The molecule has 0 unspecified atom stereocenters. The van der Waals surface area contributed by atoms with Crippen LogP contribution in [0.4, 0.5) is 5.69 Å². The molecule has 0 radical (unpaired) electrons. The van der Waals surface area contributed by atoms with Crippen molar-refractivity contribution >= 4 is 39.8 Å². The van der Waals surface area contributed by atoms with Crippen LogP contribution in [0.15, 0.2) is 29.3 Å². The van der Waals surface area contributed by atoms with E-state index in [1.54, 1.807) is 11.8 Å². The van der Waals surface area contributed by atoms with Crippen molar-refractivity contribution in [2.75, 3.05) is 18.5 Å². The largest absolute Gasteiger partial charge is 0.374 e. The summed E-state index contributed by atoms with van der Waals surface area (Å²) in [6.45, 7) is 7.49. The van der Waals surface area contributed by atoms with E-state index in [1.165, 1.54) is 30.5 Å². The van der Waals surface area contributed by atoms with Gasteiger partial charge in [-0.1, -0.05) is 61.9 Å². The highest BCUT2D eigenvalue weighted by atomic mass is 32.2. The fraction of sp³-hybridized carbons (Fsp3) is 0.556. The van der Waals surface area contributed by atoms with E-state index < -0.39 is 0 Å². The number of para-hydroxylation sites is 1. The van der Waals surface area contributed by atoms with Gasteiger partial charge in [0.25, 0.3) is 0 Å². The Bertz CT molecular complexity index is 581. The zero-order valence-electron chi connectivity index (χ0n) is 14.6. The molecule has 1 N–H and O–H groups in total. The molecule has 0 aromatic heterocycles. The summed E-state index contributed by atoms with van der Waals surface area (Å²) in [7, 11) is 2.18. The maximum Gasteiger partial charge on any atom is 0.163 e. The molecular formula is C18H27N3S2. The van der Waals surface area contributed by atoms with Crippen molar-refractivity contribution in [2.45, 2.75) is 51.3 Å². The average molecular weight is 350 g/mol. The molecule has 0 aliphatic carbocycles. The highest BCUT2D eigenvalue weighted by Crippen LogP contribution is 2.27. The fourth-order valence-electron chi connectivity index (χ4n) is 2.52. The summed E-state index contributed by atoms with van der Waals surface area (Å²) in [5.74, 6) is 0.902. The number of aliphatic imine (C=N–C) groups is 1. The van der Waals surface area contributed by atoms with Crippen LogP contribution < -0.4 is 10.2 Å². The molecule has 0 amide bonds. The Hall–Kier alpha value is -1.07. The van der Waals surface area contributed by atoms with E-state index in [-0.39, 0.29) is 5.54 Å². The molecule has 2 rings (SSSR count). The predicted octanol–water partition coefficient (Wildman–Crippen LogP) is 4.61. The molecule has 1 aromatic rings. The molecule has 126 valence electrons. The Labute approximate surface area is 149 Å². The molecule has 1 heterocycles. The van der Waals surface area contributed by atoms with Crippen LogP contribution >= 0.6 is 24.0 Å². The van der Waals surface area contributed by atoms with Crippen molar-refractivity contribution in [1.29, 1.82) is 0 Å². The van der Waals surface area contributed by atoms with Gasteiger partial charge in [0.15, 0.2) is 5.17 Å². The fourth-order valence-corrected chi connectivity index (χ4v) is 3.74. The van der Waals surface area contributed by atoms with E-state index in [1.807, 2.05) is 0 Å². The third-order valence-electron chi connectivity index (χ3n) is 4.02. The first kappa shape index (κ1) is 18.3. The zero-order chi connectivity index (χ0) is 16.9. The summed E-state index contributed by atoms with van der Waals surface area (Å²) < 4.78 is 0. The predicted molar refractivity (Wildman–Crippen MR) is 108 cm³/mol.